The number of nitrogens with zero attached hydrogens (tertiary/aromatic N) is 1. The van der Waals surface area contributed by atoms with Crippen LogP contribution in [-0.4, -0.2) is 36.8 Å². The molecule has 1 aliphatic heterocycles. The molecule has 1 aliphatic rings. The zero-order chi connectivity index (χ0) is 18.0. The first kappa shape index (κ1) is 18.1. The van der Waals surface area contributed by atoms with Gasteiger partial charge in [-0.1, -0.05) is 46.3 Å². The molecule has 4 nitrogen and oxygen atoms in total. The fourth-order valence-electron chi connectivity index (χ4n) is 2.98. The summed E-state index contributed by atoms with van der Waals surface area (Å²) in [4.78, 5) is 14.5. The first-order chi connectivity index (χ1) is 11.9. The second-order valence-corrected chi connectivity index (χ2v) is 9.24. The number of rotatable bonds is 4. The molecular formula is C18H17BrFNO3S. The zero-order valence-electron chi connectivity index (χ0n) is 13.4. The van der Waals surface area contributed by atoms with E-state index in [1.807, 2.05) is 30.3 Å². The van der Waals surface area contributed by atoms with Crippen molar-refractivity contribution in [3.8, 4) is 0 Å². The topological polar surface area (TPSA) is 54.5 Å². The molecule has 1 amide bonds. The van der Waals surface area contributed by atoms with Gasteiger partial charge in [-0.15, -0.1) is 0 Å². The van der Waals surface area contributed by atoms with Crippen LogP contribution < -0.4 is 0 Å². The lowest BCUT2D eigenvalue weighted by Gasteiger charge is -2.28. The molecule has 3 rings (SSSR count). The lowest BCUT2D eigenvalue weighted by atomic mass is 10.1. The SMILES string of the molecule is O=C(c1cc(Br)ccc1F)N(Cc1ccccc1)[C@H]1CCS(=O)(=O)C1. The molecule has 2 aromatic carbocycles. The lowest BCUT2D eigenvalue weighted by molar-refractivity contribution is 0.0676. The van der Waals surface area contributed by atoms with Crippen molar-refractivity contribution in [3.63, 3.8) is 0 Å². The minimum absolute atomic E-state index is 0.0528. The van der Waals surface area contributed by atoms with E-state index in [2.05, 4.69) is 15.9 Å². The number of benzene rings is 2. The molecule has 1 atom stereocenters. The largest absolute Gasteiger partial charge is 0.330 e. The highest BCUT2D eigenvalue weighted by atomic mass is 79.9. The van der Waals surface area contributed by atoms with Gasteiger partial charge >= 0.3 is 0 Å². The standard InChI is InChI=1S/C18H17BrFNO3S/c19-14-6-7-17(20)16(10-14)18(22)21(11-13-4-2-1-3-5-13)15-8-9-25(23,24)12-15/h1-7,10,15H,8-9,11-12H2/t15-/m0/s1. The van der Waals surface area contributed by atoms with Crippen molar-refractivity contribution < 1.29 is 17.6 Å². The van der Waals surface area contributed by atoms with E-state index in [0.717, 1.165) is 5.56 Å². The molecule has 0 spiro atoms. The van der Waals surface area contributed by atoms with Gasteiger partial charge in [0, 0.05) is 17.1 Å². The second-order valence-electron chi connectivity index (χ2n) is 6.10. The summed E-state index contributed by atoms with van der Waals surface area (Å²) in [6, 6.07) is 13.0. The Balaban J connectivity index is 1.95. The molecule has 25 heavy (non-hydrogen) atoms. The zero-order valence-corrected chi connectivity index (χ0v) is 15.8. The summed E-state index contributed by atoms with van der Waals surface area (Å²) in [6.45, 7) is 0.242. The van der Waals surface area contributed by atoms with Crippen LogP contribution in [0.3, 0.4) is 0 Å². The smallest absolute Gasteiger partial charge is 0.257 e. The van der Waals surface area contributed by atoms with Crippen molar-refractivity contribution >= 4 is 31.7 Å². The van der Waals surface area contributed by atoms with Crippen LogP contribution in [0.4, 0.5) is 4.39 Å². The minimum atomic E-state index is -3.16. The highest BCUT2D eigenvalue weighted by Crippen LogP contribution is 2.24. The summed E-state index contributed by atoms with van der Waals surface area (Å²) in [5.41, 5.74) is 0.810. The molecule has 1 heterocycles. The summed E-state index contributed by atoms with van der Waals surface area (Å²) >= 11 is 3.25. The maximum atomic E-state index is 14.2. The van der Waals surface area contributed by atoms with Gasteiger partial charge in [-0.25, -0.2) is 12.8 Å². The van der Waals surface area contributed by atoms with E-state index >= 15 is 0 Å². The third-order valence-electron chi connectivity index (χ3n) is 4.26. The Hall–Kier alpha value is -1.73. The van der Waals surface area contributed by atoms with E-state index in [1.54, 1.807) is 0 Å². The van der Waals surface area contributed by atoms with Crippen LogP contribution in [0.25, 0.3) is 0 Å². The van der Waals surface area contributed by atoms with Crippen LogP contribution in [0, 0.1) is 5.82 Å². The van der Waals surface area contributed by atoms with Crippen molar-refractivity contribution in [1.29, 1.82) is 0 Å². The molecule has 0 unspecified atom stereocenters. The van der Waals surface area contributed by atoms with Gasteiger partial charge in [0.2, 0.25) is 0 Å². The second kappa shape index (κ2) is 7.25. The fraction of sp³-hybridized carbons (Fsp3) is 0.278. The van der Waals surface area contributed by atoms with E-state index in [0.29, 0.717) is 10.9 Å². The minimum Gasteiger partial charge on any atom is -0.330 e. The highest BCUT2D eigenvalue weighted by Gasteiger charge is 2.35. The number of halogens is 2. The normalized spacial score (nSPS) is 18.9. The first-order valence-electron chi connectivity index (χ1n) is 7.86. The molecule has 2 aromatic rings. The van der Waals surface area contributed by atoms with Gasteiger partial charge in [-0.05, 0) is 30.2 Å². The quantitative estimate of drug-likeness (QED) is 0.753. The Morgan fingerprint density at radius 3 is 2.56 bits per heavy atom. The van der Waals surface area contributed by atoms with E-state index < -0.39 is 27.6 Å². The number of amides is 1. The van der Waals surface area contributed by atoms with Crippen molar-refractivity contribution in [2.45, 2.75) is 19.0 Å². The number of carbonyl (C=O) groups is 1. The summed E-state index contributed by atoms with van der Waals surface area (Å²) in [7, 11) is -3.16. The average Bonchev–Trinajstić information content (AvgIpc) is 2.95. The number of sulfone groups is 1. The van der Waals surface area contributed by atoms with Crippen molar-refractivity contribution in [1.82, 2.24) is 4.90 Å². The summed E-state index contributed by atoms with van der Waals surface area (Å²) in [6.07, 6.45) is 0.372. The third-order valence-corrected chi connectivity index (χ3v) is 6.51. The van der Waals surface area contributed by atoms with Gasteiger partial charge in [0.25, 0.3) is 5.91 Å². The molecule has 1 fully saturated rings. The Bertz CT molecular complexity index is 886. The van der Waals surface area contributed by atoms with Crippen LogP contribution in [0.2, 0.25) is 0 Å². The van der Waals surface area contributed by atoms with Crippen molar-refractivity contribution in [2.24, 2.45) is 0 Å². The Morgan fingerprint density at radius 2 is 1.92 bits per heavy atom. The van der Waals surface area contributed by atoms with Gasteiger partial charge in [0.05, 0.1) is 17.1 Å². The molecule has 1 saturated heterocycles. The van der Waals surface area contributed by atoms with Gasteiger partial charge in [0.15, 0.2) is 9.84 Å². The maximum absolute atomic E-state index is 14.2. The lowest BCUT2D eigenvalue weighted by Crippen LogP contribution is -2.41. The van der Waals surface area contributed by atoms with Crippen molar-refractivity contribution in [3.05, 3.63) is 69.9 Å². The molecular weight excluding hydrogens is 409 g/mol. The van der Waals surface area contributed by atoms with Gasteiger partial charge < -0.3 is 4.90 Å². The number of carbonyl (C=O) groups excluding carboxylic acids is 1. The highest BCUT2D eigenvalue weighted by molar-refractivity contribution is 9.10. The Morgan fingerprint density at radius 1 is 1.20 bits per heavy atom. The molecule has 0 aliphatic carbocycles. The van der Waals surface area contributed by atoms with Gasteiger partial charge in [0.1, 0.15) is 5.82 Å². The van der Waals surface area contributed by atoms with Crippen LogP contribution >= 0.6 is 15.9 Å². The average molecular weight is 426 g/mol. The van der Waals surface area contributed by atoms with E-state index in [-0.39, 0.29) is 23.6 Å². The monoisotopic (exact) mass is 425 g/mol. The van der Waals surface area contributed by atoms with Crippen molar-refractivity contribution in [2.75, 3.05) is 11.5 Å². The molecule has 7 heteroatoms. The maximum Gasteiger partial charge on any atom is 0.257 e. The molecule has 0 radical (unpaired) electrons. The van der Waals surface area contributed by atoms with Crippen LogP contribution in [0.1, 0.15) is 22.3 Å². The first-order valence-corrected chi connectivity index (χ1v) is 10.5. The predicted octanol–water partition coefficient (Wildman–Crippen LogP) is 3.42. The van der Waals surface area contributed by atoms with E-state index in [9.17, 15) is 17.6 Å². The van der Waals surface area contributed by atoms with Crippen LogP contribution in [-0.2, 0) is 16.4 Å². The molecule has 132 valence electrons. The van der Waals surface area contributed by atoms with E-state index in [1.165, 1.54) is 23.1 Å². The third kappa shape index (κ3) is 4.27. The molecule has 0 aromatic heterocycles. The van der Waals surface area contributed by atoms with Gasteiger partial charge in [-0.2, -0.15) is 0 Å². The summed E-state index contributed by atoms with van der Waals surface area (Å²) < 4.78 is 38.5. The predicted molar refractivity (Wildman–Crippen MR) is 97.5 cm³/mol. The Kier molecular flexibility index (Phi) is 5.24. The summed E-state index contributed by atoms with van der Waals surface area (Å²) in [5.74, 6) is -1.14. The van der Waals surface area contributed by atoms with Crippen LogP contribution in [0.5, 0.6) is 0 Å². The van der Waals surface area contributed by atoms with E-state index in [4.69, 9.17) is 0 Å². The summed E-state index contributed by atoms with van der Waals surface area (Å²) in [5, 5.41) is 0. The number of hydrogen-bond acceptors (Lipinski definition) is 3. The van der Waals surface area contributed by atoms with Gasteiger partial charge in [-0.3, -0.25) is 4.79 Å². The number of hydrogen-bond donors (Lipinski definition) is 0. The molecule has 0 saturated carbocycles. The molecule has 0 N–H and O–H groups in total. The fourth-order valence-corrected chi connectivity index (χ4v) is 5.08. The molecule has 0 bridgehead atoms. The Labute approximate surface area is 154 Å². The van der Waals surface area contributed by atoms with Crippen LogP contribution in [0.15, 0.2) is 53.0 Å².